The van der Waals surface area contributed by atoms with Gasteiger partial charge in [-0.15, -0.1) is 8.75 Å². The lowest BCUT2D eigenvalue weighted by Gasteiger charge is -2.24. The minimum absolute atomic E-state index is 0.478. The van der Waals surface area contributed by atoms with E-state index in [1.54, 1.807) is 0 Å². The Hall–Kier alpha value is -1.88. The van der Waals surface area contributed by atoms with Gasteiger partial charge < -0.3 is 19.3 Å². The molecule has 0 aliphatic carbocycles. The summed E-state index contributed by atoms with van der Waals surface area (Å²) in [5, 5.41) is 0. The number of rotatable bonds is 16. The van der Waals surface area contributed by atoms with E-state index in [4.69, 9.17) is 9.47 Å². The van der Waals surface area contributed by atoms with E-state index in [0.29, 0.717) is 11.8 Å². The second kappa shape index (κ2) is 15.6. The maximum Gasteiger partial charge on any atom is 0.256 e. The van der Waals surface area contributed by atoms with Gasteiger partial charge in [-0.3, -0.25) is 0 Å². The highest BCUT2D eigenvalue weighted by Gasteiger charge is 2.25. The SMILES string of the molecule is CCCCCCCCCCCC(Oc1nsnc1C1=CCCN(C)C1)Oc1nsnc1C1=CCCN(C)C1. The summed E-state index contributed by atoms with van der Waals surface area (Å²) in [4.78, 5) is 4.60. The van der Waals surface area contributed by atoms with Crippen molar-refractivity contribution in [2.24, 2.45) is 0 Å². The lowest BCUT2D eigenvalue weighted by Crippen LogP contribution is -2.28. The molecule has 0 fully saturated rings. The van der Waals surface area contributed by atoms with Crippen LogP contribution in [0, 0.1) is 0 Å². The topological polar surface area (TPSA) is 76.5 Å². The Morgan fingerprint density at radius 3 is 1.66 bits per heavy atom. The smallest absolute Gasteiger partial charge is 0.256 e. The first-order valence-electron chi connectivity index (χ1n) is 14.4. The minimum Gasteiger partial charge on any atom is -0.435 e. The summed E-state index contributed by atoms with van der Waals surface area (Å²) in [7, 11) is 4.27. The van der Waals surface area contributed by atoms with Gasteiger partial charge in [-0.1, -0.05) is 70.4 Å². The van der Waals surface area contributed by atoms with E-state index in [0.717, 1.165) is 63.3 Å². The van der Waals surface area contributed by atoms with Gasteiger partial charge in [0, 0.05) is 32.6 Å². The van der Waals surface area contributed by atoms with E-state index >= 15 is 0 Å². The molecule has 4 heterocycles. The van der Waals surface area contributed by atoms with Crippen molar-refractivity contribution >= 4 is 34.6 Å². The largest absolute Gasteiger partial charge is 0.435 e. The number of hydrogen-bond acceptors (Lipinski definition) is 10. The van der Waals surface area contributed by atoms with Crippen molar-refractivity contribution in [3.63, 3.8) is 0 Å². The molecular weight excluding hydrogens is 516 g/mol. The number of ether oxygens (including phenoxy) is 2. The lowest BCUT2D eigenvalue weighted by atomic mass is 10.1. The number of nitrogens with zero attached hydrogens (tertiary/aromatic N) is 6. The van der Waals surface area contributed by atoms with E-state index < -0.39 is 6.29 Å². The zero-order valence-electron chi connectivity index (χ0n) is 23.4. The summed E-state index contributed by atoms with van der Waals surface area (Å²) < 4.78 is 31.1. The van der Waals surface area contributed by atoms with Crippen LogP contribution < -0.4 is 9.47 Å². The molecule has 0 bridgehead atoms. The van der Waals surface area contributed by atoms with Crippen molar-refractivity contribution in [1.82, 2.24) is 27.3 Å². The zero-order valence-corrected chi connectivity index (χ0v) is 25.0. The Kier molecular flexibility index (Phi) is 12.0. The van der Waals surface area contributed by atoms with Gasteiger partial charge in [-0.05, 0) is 44.5 Å². The number of likely N-dealkylation sites (N-methyl/N-ethyl adjacent to an activating group) is 2. The zero-order chi connectivity index (χ0) is 26.6. The molecule has 2 aromatic heterocycles. The normalized spacial score (nSPS) is 17.1. The minimum atomic E-state index is -0.478. The van der Waals surface area contributed by atoms with Crippen LogP contribution in [0.4, 0.5) is 0 Å². The molecule has 10 heteroatoms. The molecule has 2 aliphatic heterocycles. The highest BCUT2D eigenvalue weighted by Crippen LogP contribution is 2.31. The second-order valence-corrected chi connectivity index (χ2v) is 11.7. The van der Waals surface area contributed by atoms with Gasteiger partial charge in [-0.2, -0.15) is 8.75 Å². The molecule has 0 saturated heterocycles. The molecule has 8 nitrogen and oxygen atoms in total. The standard InChI is InChI=1S/C28H44N6O2S2/c1-4-5-6-7-8-9-10-11-12-17-24(35-27-25(29-37-31-27)22-15-13-18-33(2)20-22)36-28-26(30-38-32-28)23-16-14-19-34(3)21-23/h15-16,24H,4-14,17-21H2,1-3H3. The third-order valence-corrected chi connectivity index (χ3v) is 8.26. The molecule has 0 atom stereocenters. The first-order valence-corrected chi connectivity index (χ1v) is 15.8. The first-order chi connectivity index (χ1) is 18.6. The molecule has 0 aromatic carbocycles. The van der Waals surface area contributed by atoms with Crippen LogP contribution in [0.3, 0.4) is 0 Å². The number of aromatic nitrogens is 4. The molecule has 0 saturated carbocycles. The molecule has 2 aliphatic rings. The summed E-state index contributed by atoms with van der Waals surface area (Å²) in [5.41, 5.74) is 4.04. The third kappa shape index (κ3) is 8.83. The van der Waals surface area contributed by atoms with Gasteiger partial charge in [-0.25, -0.2) is 0 Å². The van der Waals surface area contributed by atoms with Crippen LogP contribution in [0.5, 0.6) is 11.8 Å². The van der Waals surface area contributed by atoms with Crippen LogP contribution in [0.2, 0.25) is 0 Å². The summed E-state index contributed by atoms with van der Waals surface area (Å²) in [6, 6.07) is 0. The second-order valence-electron chi connectivity index (χ2n) is 10.6. The quantitative estimate of drug-likeness (QED) is 0.169. The van der Waals surface area contributed by atoms with E-state index in [2.05, 4.69) is 60.5 Å². The maximum absolute atomic E-state index is 6.45. The van der Waals surface area contributed by atoms with Gasteiger partial charge in [0.1, 0.15) is 11.4 Å². The summed E-state index contributed by atoms with van der Waals surface area (Å²) in [6.07, 6.45) is 18.3. The summed E-state index contributed by atoms with van der Waals surface area (Å²) in [5.74, 6) is 1.14. The Labute approximate surface area is 236 Å². The van der Waals surface area contributed by atoms with Crippen molar-refractivity contribution in [1.29, 1.82) is 0 Å². The first kappa shape index (κ1) is 29.1. The molecule has 0 amide bonds. The highest BCUT2D eigenvalue weighted by atomic mass is 32.1. The maximum atomic E-state index is 6.45. The van der Waals surface area contributed by atoms with Crippen molar-refractivity contribution in [2.75, 3.05) is 40.3 Å². The Balaban J connectivity index is 1.40. The van der Waals surface area contributed by atoms with Crippen LogP contribution in [-0.2, 0) is 0 Å². The molecule has 0 spiro atoms. The third-order valence-electron chi connectivity index (χ3n) is 7.24. The van der Waals surface area contributed by atoms with E-state index in [1.165, 1.54) is 86.0 Å². The molecule has 38 heavy (non-hydrogen) atoms. The predicted molar refractivity (Wildman–Crippen MR) is 157 cm³/mol. The van der Waals surface area contributed by atoms with E-state index in [-0.39, 0.29) is 0 Å². The van der Waals surface area contributed by atoms with Crippen LogP contribution in [0.15, 0.2) is 12.2 Å². The van der Waals surface area contributed by atoms with E-state index in [1.807, 2.05) is 0 Å². The van der Waals surface area contributed by atoms with Crippen molar-refractivity contribution in [3.05, 3.63) is 23.5 Å². The molecule has 0 unspecified atom stereocenters. The number of unbranched alkanes of at least 4 members (excludes halogenated alkanes) is 8. The molecule has 0 radical (unpaired) electrons. The van der Waals surface area contributed by atoms with Gasteiger partial charge in [0.15, 0.2) is 0 Å². The molecule has 4 rings (SSSR count). The Bertz CT molecular complexity index is 966. The van der Waals surface area contributed by atoms with Gasteiger partial charge in [0.2, 0.25) is 6.29 Å². The summed E-state index contributed by atoms with van der Waals surface area (Å²) >= 11 is 2.40. The Morgan fingerprint density at radius 1 is 0.711 bits per heavy atom. The highest BCUT2D eigenvalue weighted by molar-refractivity contribution is 6.99. The van der Waals surface area contributed by atoms with Crippen molar-refractivity contribution in [3.8, 4) is 11.8 Å². The van der Waals surface area contributed by atoms with Gasteiger partial charge in [0.25, 0.3) is 11.8 Å². The van der Waals surface area contributed by atoms with Crippen LogP contribution in [0.1, 0.15) is 95.4 Å². The van der Waals surface area contributed by atoms with Crippen LogP contribution in [-0.4, -0.2) is 73.9 Å². The number of hydrogen-bond donors (Lipinski definition) is 0. The molecular formula is C28H44N6O2S2. The monoisotopic (exact) mass is 560 g/mol. The molecule has 0 N–H and O–H groups in total. The van der Waals surface area contributed by atoms with Crippen LogP contribution >= 0.6 is 23.5 Å². The lowest BCUT2D eigenvalue weighted by molar-refractivity contribution is -0.00838. The fraction of sp³-hybridized carbons (Fsp3) is 0.714. The van der Waals surface area contributed by atoms with Crippen LogP contribution in [0.25, 0.3) is 11.1 Å². The van der Waals surface area contributed by atoms with Gasteiger partial charge in [0.05, 0.1) is 23.5 Å². The van der Waals surface area contributed by atoms with Gasteiger partial charge >= 0.3 is 0 Å². The summed E-state index contributed by atoms with van der Waals surface area (Å²) in [6.45, 7) is 6.10. The van der Waals surface area contributed by atoms with E-state index in [9.17, 15) is 0 Å². The Morgan fingerprint density at radius 2 is 1.18 bits per heavy atom. The molecule has 210 valence electrons. The fourth-order valence-corrected chi connectivity index (χ4v) is 6.09. The average Bonchev–Trinajstić information content (AvgIpc) is 3.57. The molecule has 2 aromatic rings. The predicted octanol–water partition coefficient (Wildman–Crippen LogP) is 6.53. The average molecular weight is 561 g/mol. The fourth-order valence-electron chi connectivity index (χ4n) is 5.05. The van der Waals surface area contributed by atoms with Crippen molar-refractivity contribution in [2.45, 2.75) is 90.3 Å². The van der Waals surface area contributed by atoms with Crippen molar-refractivity contribution < 1.29 is 9.47 Å².